The quantitative estimate of drug-likeness (QED) is 0.507. The van der Waals surface area contributed by atoms with Crippen molar-refractivity contribution in [1.82, 2.24) is 9.62 Å². The first-order valence-electron chi connectivity index (χ1n) is 8.52. The Kier molecular flexibility index (Phi) is 7.28. The first-order chi connectivity index (χ1) is 12.8. The molecule has 27 heavy (non-hydrogen) atoms. The summed E-state index contributed by atoms with van der Waals surface area (Å²) in [4.78, 5) is 24.2. The van der Waals surface area contributed by atoms with Crippen LogP contribution in [0.25, 0.3) is 0 Å². The van der Waals surface area contributed by atoms with Crippen molar-refractivity contribution in [3.63, 3.8) is 0 Å². The molecule has 1 saturated heterocycles. The predicted molar refractivity (Wildman–Crippen MR) is 93.8 cm³/mol. The highest BCUT2D eigenvalue weighted by Crippen LogP contribution is 2.27. The smallest absolute Gasteiger partial charge is 0.325 e. The van der Waals surface area contributed by atoms with Gasteiger partial charge in [-0.2, -0.15) is 4.31 Å². The number of carbonyl (C=O) groups is 2. The van der Waals surface area contributed by atoms with Crippen molar-refractivity contribution in [2.24, 2.45) is 0 Å². The molecule has 1 fully saturated rings. The number of hydrogen-bond donors (Lipinski definition) is 1. The molecule has 150 valence electrons. The Morgan fingerprint density at radius 2 is 2.00 bits per heavy atom. The number of methoxy groups -OCH3 is 1. The number of carbonyl (C=O) groups excluding carboxylic acids is 2. The minimum Gasteiger partial charge on any atom is -0.451 e. The molecule has 10 heteroatoms. The van der Waals surface area contributed by atoms with E-state index in [1.807, 2.05) is 0 Å². The second-order valence-corrected chi connectivity index (χ2v) is 7.98. The third-order valence-electron chi connectivity index (χ3n) is 4.16. The van der Waals surface area contributed by atoms with E-state index < -0.39 is 39.9 Å². The van der Waals surface area contributed by atoms with Gasteiger partial charge < -0.3 is 14.8 Å². The van der Waals surface area contributed by atoms with Crippen LogP contribution in [0.5, 0.6) is 0 Å². The number of halogens is 1. The van der Waals surface area contributed by atoms with Gasteiger partial charge in [0, 0.05) is 20.2 Å². The topological polar surface area (TPSA) is 102 Å². The standard InChI is InChI=1S/C17H23FN2O6S/c1-12(16(21)19-9-11-25-2)26-17(22)15-4-3-10-20(15)27(23,24)14-7-5-13(18)6-8-14/h5-8,12,15H,3-4,9-11H2,1-2H3,(H,19,21)/t12-,15+/m1/s1. The molecule has 0 saturated carbocycles. The average Bonchev–Trinajstić information content (AvgIpc) is 3.13. The van der Waals surface area contributed by atoms with Crippen molar-refractivity contribution in [2.75, 3.05) is 26.8 Å². The van der Waals surface area contributed by atoms with Crippen LogP contribution >= 0.6 is 0 Å². The summed E-state index contributed by atoms with van der Waals surface area (Å²) < 4.78 is 49.6. The zero-order valence-corrected chi connectivity index (χ0v) is 16.0. The third-order valence-corrected chi connectivity index (χ3v) is 6.09. The number of hydrogen-bond acceptors (Lipinski definition) is 6. The summed E-state index contributed by atoms with van der Waals surface area (Å²) >= 11 is 0. The van der Waals surface area contributed by atoms with Gasteiger partial charge in [-0.05, 0) is 44.0 Å². The summed E-state index contributed by atoms with van der Waals surface area (Å²) in [5.41, 5.74) is 0. The Balaban J connectivity index is 2.05. The number of nitrogens with zero attached hydrogens (tertiary/aromatic N) is 1. The van der Waals surface area contributed by atoms with E-state index in [0.717, 1.165) is 28.6 Å². The third kappa shape index (κ3) is 5.24. The number of benzene rings is 1. The maximum absolute atomic E-state index is 13.1. The molecule has 1 aromatic rings. The molecular weight excluding hydrogens is 379 g/mol. The molecule has 1 heterocycles. The Hall–Kier alpha value is -2.04. The second kappa shape index (κ2) is 9.25. The van der Waals surface area contributed by atoms with Gasteiger partial charge in [0.2, 0.25) is 10.0 Å². The largest absolute Gasteiger partial charge is 0.451 e. The Labute approximate surface area is 157 Å². The fourth-order valence-electron chi connectivity index (χ4n) is 2.73. The summed E-state index contributed by atoms with van der Waals surface area (Å²) in [5, 5.41) is 2.54. The second-order valence-electron chi connectivity index (χ2n) is 6.09. The van der Waals surface area contributed by atoms with Crippen LogP contribution in [0.1, 0.15) is 19.8 Å². The molecule has 1 aliphatic rings. The zero-order chi connectivity index (χ0) is 20.0. The molecule has 2 atom stereocenters. The fourth-order valence-corrected chi connectivity index (χ4v) is 4.38. The lowest BCUT2D eigenvalue weighted by molar-refractivity contribution is -0.157. The van der Waals surface area contributed by atoms with E-state index in [9.17, 15) is 22.4 Å². The number of rotatable bonds is 8. The van der Waals surface area contributed by atoms with E-state index in [1.54, 1.807) is 0 Å². The lowest BCUT2D eigenvalue weighted by Gasteiger charge is -2.24. The molecule has 1 amide bonds. The lowest BCUT2D eigenvalue weighted by atomic mass is 10.2. The van der Waals surface area contributed by atoms with Gasteiger partial charge in [0.1, 0.15) is 11.9 Å². The van der Waals surface area contributed by atoms with Gasteiger partial charge >= 0.3 is 5.97 Å². The van der Waals surface area contributed by atoms with Gasteiger partial charge in [0.15, 0.2) is 6.10 Å². The first-order valence-corrected chi connectivity index (χ1v) is 9.96. The number of ether oxygens (including phenoxy) is 2. The van der Waals surface area contributed by atoms with Gasteiger partial charge in [-0.3, -0.25) is 9.59 Å². The Morgan fingerprint density at radius 3 is 2.63 bits per heavy atom. The summed E-state index contributed by atoms with van der Waals surface area (Å²) in [5.74, 6) is -1.83. The highest BCUT2D eigenvalue weighted by atomic mass is 32.2. The minimum absolute atomic E-state index is 0.103. The minimum atomic E-state index is -3.97. The fraction of sp³-hybridized carbons (Fsp3) is 0.529. The van der Waals surface area contributed by atoms with E-state index in [4.69, 9.17) is 9.47 Å². The molecular formula is C17H23FN2O6S. The van der Waals surface area contributed by atoms with Crippen molar-refractivity contribution in [3.05, 3.63) is 30.1 Å². The van der Waals surface area contributed by atoms with Crippen LogP contribution in [0, 0.1) is 5.82 Å². The van der Waals surface area contributed by atoms with Gasteiger partial charge in [-0.25, -0.2) is 12.8 Å². The monoisotopic (exact) mass is 402 g/mol. The molecule has 1 aromatic carbocycles. The first kappa shape index (κ1) is 21.3. The van der Waals surface area contributed by atoms with Crippen molar-refractivity contribution >= 4 is 21.9 Å². The van der Waals surface area contributed by atoms with Crippen molar-refractivity contribution < 1.29 is 31.9 Å². The van der Waals surface area contributed by atoms with Crippen molar-refractivity contribution in [3.8, 4) is 0 Å². The maximum Gasteiger partial charge on any atom is 0.325 e. The van der Waals surface area contributed by atoms with E-state index in [0.29, 0.717) is 13.0 Å². The summed E-state index contributed by atoms with van der Waals surface area (Å²) in [6.45, 7) is 2.14. The molecule has 8 nitrogen and oxygen atoms in total. The number of amides is 1. The average molecular weight is 402 g/mol. The molecule has 0 aromatic heterocycles. The Bertz CT molecular complexity index is 768. The van der Waals surface area contributed by atoms with Crippen LogP contribution in [0.4, 0.5) is 4.39 Å². The highest BCUT2D eigenvalue weighted by Gasteiger charge is 2.41. The predicted octanol–water partition coefficient (Wildman–Crippen LogP) is 0.673. The zero-order valence-electron chi connectivity index (χ0n) is 15.2. The van der Waals surface area contributed by atoms with Gasteiger partial charge in [0.05, 0.1) is 11.5 Å². The molecule has 1 N–H and O–H groups in total. The van der Waals surface area contributed by atoms with Crippen molar-refractivity contribution in [2.45, 2.75) is 36.8 Å². The molecule has 0 spiro atoms. The number of nitrogens with one attached hydrogen (secondary N) is 1. The number of esters is 1. The number of sulfonamides is 1. The van der Waals surface area contributed by atoms with Crippen LogP contribution in [0.3, 0.4) is 0 Å². The van der Waals surface area contributed by atoms with Crippen LogP contribution in [-0.4, -0.2) is 63.6 Å². The normalized spacial score (nSPS) is 18.9. The van der Waals surface area contributed by atoms with Gasteiger partial charge in [0.25, 0.3) is 5.91 Å². The van der Waals surface area contributed by atoms with Crippen LogP contribution in [0.2, 0.25) is 0 Å². The van der Waals surface area contributed by atoms with E-state index >= 15 is 0 Å². The highest BCUT2D eigenvalue weighted by molar-refractivity contribution is 7.89. The van der Waals surface area contributed by atoms with Gasteiger partial charge in [-0.15, -0.1) is 0 Å². The van der Waals surface area contributed by atoms with Crippen LogP contribution in [0.15, 0.2) is 29.2 Å². The van der Waals surface area contributed by atoms with E-state index in [1.165, 1.54) is 14.0 Å². The molecule has 0 aliphatic carbocycles. The SMILES string of the molecule is COCCNC(=O)[C@@H](C)OC(=O)[C@@H]1CCCN1S(=O)(=O)c1ccc(F)cc1. The van der Waals surface area contributed by atoms with E-state index in [-0.39, 0.29) is 24.4 Å². The Morgan fingerprint density at radius 1 is 1.33 bits per heavy atom. The van der Waals surface area contributed by atoms with E-state index in [2.05, 4.69) is 5.32 Å². The molecule has 1 aliphatic heterocycles. The summed E-state index contributed by atoms with van der Waals surface area (Å²) in [7, 11) is -2.48. The van der Waals surface area contributed by atoms with Crippen LogP contribution < -0.4 is 5.32 Å². The maximum atomic E-state index is 13.1. The molecule has 0 bridgehead atoms. The van der Waals surface area contributed by atoms with Gasteiger partial charge in [-0.1, -0.05) is 0 Å². The molecule has 0 radical (unpaired) electrons. The summed E-state index contributed by atoms with van der Waals surface area (Å²) in [6.07, 6.45) is -0.295. The lowest BCUT2D eigenvalue weighted by Crippen LogP contribution is -2.44. The summed E-state index contributed by atoms with van der Waals surface area (Å²) in [6, 6.07) is 3.37. The molecule has 2 rings (SSSR count). The van der Waals surface area contributed by atoms with Crippen LogP contribution in [-0.2, 0) is 29.1 Å². The molecule has 0 unspecified atom stereocenters. The van der Waals surface area contributed by atoms with Crippen molar-refractivity contribution in [1.29, 1.82) is 0 Å².